The molecule has 1 aromatic carbocycles. The second-order valence-electron chi connectivity index (χ2n) is 5.00. The molecule has 23 heavy (non-hydrogen) atoms. The van der Waals surface area contributed by atoms with Gasteiger partial charge in [-0.3, -0.25) is 14.9 Å². The average molecular weight is 371 g/mol. The van der Waals surface area contributed by atoms with Crippen LogP contribution in [0.1, 0.15) is 16.2 Å². The Balaban J connectivity index is 1.59. The van der Waals surface area contributed by atoms with E-state index in [0.29, 0.717) is 18.7 Å². The van der Waals surface area contributed by atoms with Crippen molar-refractivity contribution >= 4 is 21.8 Å². The first-order valence-electron chi connectivity index (χ1n) is 7.22. The minimum atomic E-state index is -0.170. The summed E-state index contributed by atoms with van der Waals surface area (Å²) >= 11 is 3.40. The SMILES string of the molecule is O=C(NCCc1ccccn1)c1cc(-c2ccc(Br)cc2)n[nH]1. The maximum Gasteiger partial charge on any atom is 0.269 e. The minimum Gasteiger partial charge on any atom is -0.350 e. The smallest absolute Gasteiger partial charge is 0.269 e. The van der Waals surface area contributed by atoms with Gasteiger partial charge in [0.15, 0.2) is 0 Å². The number of carbonyl (C=O) groups is 1. The van der Waals surface area contributed by atoms with E-state index in [1.807, 2.05) is 42.5 Å². The van der Waals surface area contributed by atoms with E-state index in [1.54, 1.807) is 12.3 Å². The number of benzene rings is 1. The van der Waals surface area contributed by atoms with Gasteiger partial charge in [-0.25, -0.2) is 0 Å². The Morgan fingerprint density at radius 1 is 1.17 bits per heavy atom. The molecule has 0 aliphatic heterocycles. The van der Waals surface area contributed by atoms with Crippen LogP contribution in [0.2, 0.25) is 0 Å². The van der Waals surface area contributed by atoms with Crippen LogP contribution < -0.4 is 5.32 Å². The first-order chi connectivity index (χ1) is 11.2. The number of hydrogen-bond donors (Lipinski definition) is 2. The van der Waals surface area contributed by atoms with E-state index < -0.39 is 0 Å². The molecule has 1 amide bonds. The molecular weight excluding hydrogens is 356 g/mol. The summed E-state index contributed by atoms with van der Waals surface area (Å²) in [5.41, 5.74) is 3.10. The van der Waals surface area contributed by atoms with Crippen molar-refractivity contribution < 1.29 is 4.79 Å². The van der Waals surface area contributed by atoms with Crippen LogP contribution in [-0.2, 0) is 6.42 Å². The summed E-state index contributed by atoms with van der Waals surface area (Å²) in [5, 5.41) is 9.83. The van der Waals surface area contributed by atoms with E-state index in [1.165, 1.54) is 0 Å². The highest BCUT2D eigenvalue weighted by Gasteiger charge is 2.10. The Morgan fingerprint density at radius 2 is 2.00 bits per heavy atom. The van der Waals surface area contributed by atoms with Crippen molar-refractivity contribution in [3.05, 3.63) is 70.6 Å². The van der Waals surface area contributed by atoms with Gasteiger partial charge in [0.2, 0.25) is 0 Å². The standard InChI is InChI=1S/C17H15BrN4O/c18-13-6-4-12(5-7-13)15-11-16(22-21-15)17(23)20-10-8-14-3-1-2-9-19-14/h1-7,9,11H,8,10H2,(H,20,23)(H,21,22). The third kappa shape index (κ3) is 4.04. The maximum atomic E-state index is 12.1. The number of H-pyrrole nitrogens is 1. The van der Waals surface area contributed by atoms with E-state index in [4.69, 9.17) is 0 Å². The molecule has 2 heterocycles. The third-order valence-corrected chi connectivity index (χ3v) is 3.88. The van der Waals surface area contributed by atoms with Crippen LogP contribution in [0, 0.1) is 0 Å². The molecule has 6 heteroatoms. The molecule has 0 spiro atoms. The summed E-state index contributed by atoms with van der Waals surface area (Å²) in [4.78, 5) is 16.3. The van der Waals surface area contributed by atoms with Gasteiger partial charge in [0.25, 0.3) is 5.91 Å². The van der Waals surface area contributed by atoms with Gasteiger partial charge in [0.05, 0.1) is 5.69 Å². The largest absolute Gasteiger partial charge is 0.350 e. The van der Waals surface area contributed by atoms with Gasteiger partial charge in [-0.2, -0.15) is 5.10 Å². The Kier molecular flexibility index (Phi) is 4.83. The summed E-state index contributed by atoms with van der Waals surface area (Å²) in [5.74, 6) is -0.170. The number of nitrogens with zero attached hydrogens (tertiary/aromatic N) is 2. The van der Waals surface area contributed by atoms with Gasteiger partial charge in [0, 0.05) is 34.9 Å². The number of rotatable bonds is 5. The predicted molar refractivity (Wildman–Crippen MR) is 92.0 cm³/mol. The van der Waals surface area contributed by atoms with Crippen LogP contribution >= 0.6 is 15.9 Å². The molecule has 0 bridgehead atoms. The van der Waals surface area contributed by atoms with Crippen LogP contribution in [0.4, 0.5) is 0 Å². The topological polar surface area (TPSA) is 70.7 Å². The van der Waals surface area contributed by atoms with Gasteiger partial charge in [0.1, 0.15) is 5.69 Å². The summed E-state index contributed by atoms with van der Waals surface area (Å²) < 4.78 is 1.00. The zero-order chi connectivity index (χ0) is 16.1. The molecule has 116 valence electrons. The lowest BCUT2D eigenvalue weighted by Crippen LogP contribution is -2.26. The second kappa shape index (κ2) is 7.19. The molecule has 2 aromatic heterocycles. The zero-order valence-corrected chi connectivity index (χ0v) is 13.9. The molecule has 0 saturated carbocycles. The Labute approximate surface area is 142 Å². The van der Waals surface area contributed by atoms with Gasteiger partial charge >= 0.3 is 0 Å². The van der Waals surface area contributed by atoms with Crippen LogP contribution in [0.15, 0.2) is 59.2 Å². The number of halogens is 1. The van der Waals surface area contributed by atoms with Gasteiger partial charge in [-0.1, -0.05) is 34.1 Å². The fourth-order valence-corrected chi connectivity index (χ4v) is 2.42. The Bertz CT molecular complexity index is 784. The van der Waals surface area contributed by atoms with Crippen molar-refractivity contribution in [2.24, 2.45) is 0 Å². The summed E-state index contributed by atoms with van der Waals surface area (Å²) in [6.45, 7) is 0.530. The minimum absolute atomic E-state index is 0.170. The first-order valence-corrected chi connectivity index (χ1v) is 8.01. The molecule has 0 saturated heterocycles. The quantitative estimate of drug-likeness (QED) is 0.724. The lowest BCUT2D eigenvalue weighted by atomic mass is 10.1. The summed E-state index contributed by atoms with van der Waals surface area (Å²) in [6, 6.07) is 15.3. The van der Waals surface area contributed by atoms with E-state index in [9.17, 15) is 4.79 Å². The molecule has 0 radical (unpaired) electrons. The normalized spacial score (nSPS) is 10.5. The fourth-order valence-electron chi connectivity index (χ4n) is 2.15. The number of nitrogens with one attached hydrogen (secondary N) is 2. The molecule has 0 fully saturated rings. The highest BCUT2D eigenvalue weighted by molar-refractivity contribution is 9.10. The van der Waals surface area contributed by atoms with Gasteiger partial charge in [-0.15, -0.1) is 0 Å². The molecular formula is C17H15BrN4O. The lowest BCUT2D eigenvalue weighted by molar-refractivity contribution is 0.0949. The van der Waals surface area contributed by atoms with Crippen molar-refractivity contribution in [3.63, 3.8) is 0 Å². The van der Waals surface area contributed by atoms with Crippen molar-refractivity contribution in [1.82, 2.24) is 20.5 Å². The van der Waals surface area contributed by atoms with Crippen LogP contribution in [0.25, 0.3) is 11.3 Å². The number of aromatic amines is 1. The molecule has 0 atom stereocenters. The van der Waals surface area contributed by atoms with Crippen molar-refractivity contribution in [2.75, 3.05) is 6.54 Å². The maximum absolute atomic E-state index is 12.1. The summed E-state index contributed by atoms with van der Waals surface area (Å²) in [7, 11) is 0. The predicted octanol–water partition coefficient (Wildman–Crippen LogP) is 3.21. The average Bonchev–Trinajstić information content (AvgIpc) is 3.06. The van der Waals surface area contributed by atoms with E-state index in [2.05, 4.69) is 36.4 Å². The Morgan fingerprint density at radius 3 is 2.74 bits per heavy atom. The summed E-state index contributed by atoms with van der Waals surface area (Å²) in [6.07, 6.45) is 2.44. The first kappa shape index (κ1) is 15.4. The number of carbonyl (C=O) groups excluding carboxylic acids is 1. The van der Waals surface area contributed by atoms with E-state index in [0.717, 1.165) is 21.4 Å². The zero-order valence-electron chi connectivity index (χ0n) is 12.3. The Hall–Kier alpha value is -2.47. The number of amides is 1. The molecule has 2 N–H and O–H groups in total. The number of aromatic nitrogens is 3. The van der Waals surface area contributed by atoms with Crippen LogP contribution in [0.5, 0.6) is 0 Å². The number of hydrogen-bond acceptors (Lipinski definition) is 3. The molecule has 3 rings (SSSR count). The second-order valence-corrected chi connectivity index (χ2v) is 5.92. The highest BCUT2D eigenvalue weighted by atomic mass is 79.9. The number of pyridine rings is 1. The monoisotopic (exact) mass is 370 g/mol. The van der Waals surface area contributed by atoms with E-state index >= 15 is 0 Å². The van der Waals surface area contributed by atoms with Crippen LogP contribution in [-0.4, -0.2) is 27.6 Å². The van der Waals surface area contributed by atoms with Crippen molar-refractivity contribution in [1.29, 1.82) is 0 Å². The molecule has 0 aliphatic carbocycles. The molecule has 0 unspecified atom stereocenters. The van der Waals surface area contributed by atoms with E-state index in [-0.39, 0.29) is 5.91 Å². The molecule has 0 aliphatic rings. The molecule has 5 nitrogen and oxygen atoms in total. The van der Waals surface area contributed by atoms with Gasteiger partial charge in [-0.05, 0) is 30.3 Å². The van der Waals surface area contributed by atoms with Gasteiger partial charge < -0.3 is 5.32 Å². The fraction of sp³-hybridized carbons (Fsp3) is 0.118. The highest BCUT2D eigenvalue weighted by Crippen LogP contribution is 2.20. The lowest BCUT2D eigenvalue weighted by Gasteiger charge is -2.02. The van der Waals surface area contributed by atoms with Crippen molar-refractivity contribution in [3.8, 4) is 11.3 Å². The molecule has 3 aromatic rings. The van der Waals surface area contributed by atoms with Crippen LogP contribution in [0.3, 0.4) is 0 Å². The van der Waals surface area contributed by atoms with Crippen molar-refractivity contribution in [2.45, 2.75) is 6.42 Å². The third-order valence-electron chi connectivity index (χ3n) is 3.36.